The molecule has 0 saturated carbocycles. The largest absolute Gasteiger partial charge is 0.487 e. The fraction of sp³-hybridized carbons (Fsp3) is 0.500. The summed E-state index contributed by atoms with van der Waals surface area (Å²) in [4.78, 5) is 36.3. The molecule has 0 aromatic heterocycles. The van der Waals surface area contributed by atoms with Crippen LogP contribution in [0, 0.1) is 16.0 Å². The highest BCUT2D eigenvalue weighted by atomic mass is 16.6. The predicted molar refractivity (Wildman–Crippen MR) is 86.7 cm³/mol. The summed E-state index contributed by atoms with van der Waals surface area (Å²) in [5, 5.41) is 11.2. The van der Waals surface area contributed by atoms with Crippen LogP contribution in [0.5, 0.6) is 5.75 Å². The molecule has 1 aliphatic rings. The Hall–Kier alpha value is -2.64. The van der Waals surface area contributed by atoms with E-state index in [0.29, 0.717) is 12.8 Å². The molecule has 24 heavy (non-hydrogen) atoms. The molecule has 8 nitrogen and oxygen atoms in total. The lowest BCUT2D eigenvalue weighted by atomic mass is 9.92. The maximum Gasteiger partial charge on any atom is 0.311 e. The van der Waals surface area contributed by atoms with E-state index in [2.05, 4.69) is 0 Å². The molecule has 1 saturated heterocycles. The quantitative estimate of drug-likeness (QED) is 0.649. The van der Waals surface area contributed by atoms with E-state index < -0.39 is 10.8 Å². The summed E-state index contributed by atoms with van der Waals surface area (Å²) in [7, 11) is 0. The van der Waals surface area contributed by atoms with Crippen LogP contribution < -0.4 is 10.5 Å². The van der Waals surface area contributed by atoms with Crippen LogP contribution in [0.25, 0.3) is 0 Å². The maximum atomic E-state index is 12.7. The molecule has 2 amide bonds. The van der Waals surface area contributed by atoms with Gasteiger partial charge in [0.2, 0.25) is 5.91 Å². The molecule has 1 fully saturated rings. The number of benzene rings is 1. The number of hydrogen-bond acceptors (Lipinski definition) is 5. The van der Waals surface area contributed by atoms with Gasteiger partial charge < -0.3 is 15.4 Å². The second kappa shape index (κ2) is 7.29. The van der Waals surface area contributed by atoms with Gasteiger partial charge in [-0.2, -0.15) is 0 Å². The summed E-state index contributed by atoms with van der Waals surface area (Å²) in [5.41, 5.74) is 5.29. The number of rotatable bonds is 5. The zero-order valence-electron chi connectivity index (χ0n) is 13.7. The summed E-state index contributed by atoms with van der Waals surface area (Å²) < 4.78 is 5.22. The molecule has 2 N–H and O–H groups in total. The molecule has 0 bridgehead atoms. The van der Waals surface area contributed by atoms with E-state index in [1.54, 1.807) is 11.8 Å². The number of hydrogen-bond donors (Lipinski definition) is 1. The first-order valence-electron chi connectivity index (χ1n) is 7.86. The van der Waals surface area contributed by atoms with Gasteiger partial charge in [0.05, 0.1) is 17.4 Å². The summed E-state index contributed by atoms with van der Waals surface area (Å²) in [6.45, 7) is 4.13. The second-order valence-corrected chi connectivity index (χ2v) is 5.86. The van der Waals surface area contributed by atoms with Gasteiger partial charge in [0.25, 0.3) is 5.91 Å². The van der Waals surface area contributed by atoms with Crippen LogP contribution in [-0.2, 0) is 4.79 Å². The molecule has 8 heteroatoms. The van der Waals surface area contributed by atoms with Gasteiger partial charge in [0, 0.05) is 24.2 Å². The van der Waals surface area contributed by atoms with Crippen LogP contribution in [0.2, 0.25) is 0 Å². The molecule has 0 spiro atoms. The lowest BCUT2D eigenvalue weighted by molar-refractivity contribution is -0.385. The molecule has 1 heterocycles. The summed E-state index contributed by atoms with van der Waals surface area (Å²) in [6, 6.07) is 4.09. The first kappa shape index (κ1) is 17.7. The van der Waals surface area contributed by atoms with Crippen LogP contribution in [0.1, 0.15) is 37.0 Å². The number of nitrogens with two attached hydrogens (primary N) is 1. The molecule has 130 valence electrons. The minimum Gasteiger partial charge on any atom is -0.487 e. The Morgan fingerprint density at radius 3 is 2.71 bits per heavy atom. The van der Waals surface area contributed by atoms with Crippen LogP contribution in [0.15, 0.2) is 18.2 Å². The highest BCUT2D eigenvalue weighted by Crippen LogP contribution is 2.30. The number of likely N-dealkylation sites (tertiary alicyclic amines) is 1. The molecule has 1 aromatic rings. The van der Waals surface area contributed by atoms with Crippen molar-refractivity contribution in [3.63, 3.8) is 0 Å². The zero-order chi connectivity index (χ0) is 17.9. The third-order valence-corrected chi connectivity index (χ3v) is 4.25. The minimum absolute atomic E-state index is 0.0567. The first-order valence-corrected chi connectivity index (χ1v) is 7.86. The molecule has 1 aliphatic heterocycles. The Balaban J connectivity index is 2.29. The van der Waals surface area contributed by atoms with E-state index in [1.165, 1.54) is 18.2 Å². The number of carbonyl (C=O) groups excluding carboxylic acids is 2. The van der Waals surface area contributed by atoms with Crippen molar-refractivity contribution in [3.8, 4) is 5.75 Å². The predicted octanol–water partition coefficient (Wildman–Crippen LogP) is 1.72. The van der Waals surface area contributed by atoms with E-state index in [1.807, 2.05) is 6.92 Å². The summed E-state index contributed by atoms with van der Waals surface area (Å²) in [5.74, 6) is -1.04. The fourth-order valence-electron chi connectivity index (χ4n) is 2.86. The van der Waals surface area contributed by atoms with Crippen LogP contribution >= 0.6 is 0 Å². The van der Waals surface area contributed by atoms with Gasteiger partial charge in [-0.3, -0.25) is 19.7 Å². The Bertz CT molecular complexity index is 661. The Kier molecular flexibility index (Phi) is 5.38. The number of ether oxygens (including phenoxy) is 1. The zero-order valence-corrected chi connectivity index (χ0v) is 13.7. The second-order valence-electron chi connectivity index (χ2n) is 5.86. The molecular formula is C16H21N3O5. The first-order chi connectivity index (χ1) is 11.3. The standard InChI is InChI=1S/C16H21N3O5/c1-3-24-14-7-6-11(8-13(14)19(22)23)16(21)18-9-12(15(17)20)5-4-10(18)2/h6-8,10,12H,3-5,9H2,1-2H3,(H2,17,20)/t10-,12+/m1/s1. The average molecular weight is 335 g/mol. The number of nitro benzene ring substituents is 1. The number of amides is 2. The number of nitro groups is 1. The third-order valence-electron chi connectivity index (χ3n) is 4.25. The highest BCUT2D eigenvalue weighted by molar-refractivity contribution is 5.96. The van der Waals surface area contributed by atoms with E-state index in [4.69, 9.17) is 10.5 Å². The van der Waals surface area contributed by atoms with E-state index in [-0.39, 0.29) is 48.0 Å². The van der Waals surface area contributed by atoms with Crippen molar-refractivity contribution in [2.75, 3.05) is 13.2 Å². The lowest BCUT2D eigenvalue weighted by Crippen LogP contribution is -2.48. The van der Waals surface area contributed by atoms with Crippen LogP contribution in [0.3, 0.4) is 0 Å². The molecule has 0 radical (unpaired) electrons. The van der Waals surface area contributed by atoms with Crippen molar-refractivity contribution in [3.05, 3.63) is 33.9 Å². The van der Waals surface area contributed by atoms with E-state index >= 15 is 0 Å². The van der Waals surface area contributed by atoms with Crippen molar-refractivity contribution >= 4 is 17.5 Å². The number of piperidine rings is 1. The molecule has 0 unspecified atom stereocenters. The highest BCUT2D eigenvalue weighted by Gasteiger charge is 2.32. The van der Waals surface area contributed by atoms with Gasteiger partial charge >= 0.3 is 5.69 Å². The van der Waals surface area contributed by atoms with Crippen LogP contribution in [0.4, 0.5) is 5.69 Å². The van der Waals surface area contributed by atoms with Gasteiger partial charge in [0.15, 0.2) is 5.75 Å². The molecule has 0 aliphatic carbocycles. The van der Waals surface area contributed by atoms with Gasteiger partial charge in [-0.1, -0.05) is 0 Å². The average Bonchev–Trinajstić information content (AvgIpc) is 2.54. The van der Waals surface area contributed by atoms with Gasteiger partial charge in [-0.25, -0.2) is 0 Å². The third kappa shape index (κ3) is 3.64. The molecule has 2 rings (SSSR count). The normalized spacial score (nSPS) is 20.5. The topological polar surface area (TPSA) is 116 Å². The van der Waals surface area contributed by atoms with Crippen molar-refractivity contribution in [1.82, 2.24) is 4.90 Å². The number of primary amides is 1. The molecule has 2 atom stereocenters. The summed E-state index contributed by atoms with van der Waals surface area (Å²) in [6.07, 6.45) is 1.31. The van der Waals surface area contributed by atoms with Crippen molar-refractivity contribution in [2.24, 2.45) is 11.7 Å². The fourth-order valence-corrected chi connectivity index (χ4v) is 2.86. The van der Waals surface area contributed by atoms with Crippen molar-refractivity contribution in [1.29, 1.82) is 0 Å². The van der Waals surface area contributed by atoms with Crippen molar-refractivity contribution < 1.29 is 19.2 Å². The van der Waals surface area contributed by atoms with Crippen LogP contribution in [-0.4, -0.2) is 40.8 Å². The molecular weight excluding hydrogens is 314 g/mol. The Morgan fingerprint density at radius 1 is 1.42 bits per heavy atom. The Labute approximate surface area is 139 Å². The van der Waals surface area contributed by atoms with Crippen molar-refractivity contribution in [2.45, 2.75) is 32.7 Å². The minimum atomic E-state index is -0.576. The monoisotopic (exact) mass is 335 g/mol. The van der Waals surface area contributed by atoms with E-state index in [9.17, 15) is 19.7 Å². The Morgan fingerprint density at radius 2 is 2.12 bits per heavy atom. The van der Waals surface area contributed by atoms with Gasteiger partial charge in [0.1, 0.15) is 0 Å². The SMILES string of the molecule is CCOc1ccc(C(=O)N2C[C@@H](C(N)=O)CC[C@H]2C)cc1[N+](=O)[O-]. The van der Waals surface area contributed by atoms with Gasteiger partial charge in [-0.15, -0.1) is 0 Å². The smallest absolute Gasteiger partial charge is 0.311 e. The lowest BCUT2D eigenvalue weighted by Gasteiger charge is -2.37. The number of nitrogens with zero attached hydrogens (tertiary/aromatic N) is 2. The van der Waals surface area contributed by atoms with Gasteiger partial charge in [-0.05, 0) is 38.8 Å². The summed E-state index contributed by atoms with van der Waals surface area (Å²) >= 11 is 0. The number of carbonyl (C=O) groups is 2. The molecule has 1 aromatic carbocycles. The van der Waals surface area contributed by atoms with E-state index in [0.717, 1.165) is 0 Å². The maximum absolute atomic E-state index is 12.7.